The summed E-state index contributed by atoms with van der Waals surface area (Å²) >= 11 is 0. The van der Waals surface area contributed by atoms with Crippen LogP contribution in [0.1, 0.15) is 33.3 Å². The first kappa shape index (κ1) is 17.3. The van der Waals surface area contributed by atoms with Crippen molar-refractivity contribution in [2.45, 2.75) is 13.5 Å². The minimum absolute atomic E-state index is 0.00910. The third-order valence-corrected chi connectivity index (χ3v) is 3.73. The van der Waals surface area contributed by atoms with Crippen LogP contribution in [-0.4, -0.2) is 21.9 Å². The van der Waals surface area contributed by atoms with Crippen molar-refractivity contribution in [2.24, 2.45) is 0 Å². The van der Waals surface area contributed by atoms with Crippen LogP contribution >= 0.6 is 0 Å². The third kappa shape index (κ3) is 4.51. The van der Waals surface area contributed by atoms with Gasteiger partial charge in [0.15, 0.2) is 17.3 Å². The van der Waals surface area contributed by atoms with E-state index in [2.05, 4.69) is 20.8 Å². The van der Waals surface area contributed by atoms with Gasteiger partial charge in [-0.3, -0.25) is 9.59 Å². The van der Waals surface area contributed by atoms with Crippen LogP contribution in [-0.2, 0) is 6.54 Å². The van der Waals surface area contributed by atoms with E-state index in [4.69, 9.17) is 0 Å². The summed E-state index contributed by atoms with van der Waals surface area (Å²) in [5.74, 6) is 0.196. The molecule has 0 spiro atoms. The number of carbonyl (C=O) groups is 2. The second-order valence-electron chi connectivity index (χ2n) is 5.73. The van der Waals surface area contributed by atoms with Gasteiger partial charge in [0.25, 0.3) is 5.91 Å². The Morgan fingerprint density at radius 1 is 0.923 bits per heavy atom. The molecular formula is C20H18N4O2. The highest BCUT2D eigenvalue weighted by atomic mass is 16.2. The summed E-state index contributed by atoms with van der Waals surface area (Å²) in [6.45, 7) is 1.95. The van der Waals surface area contributed by atoms with Gasteiger partial charge in [-0.25, -0.2) is 0 Å². The fourth-order valence-corrected chi connectivity index (χ4v) is 2.35. The molecule has 1 amide bonds. The molecule has 0 unspecified atom stereocenters. The van der Waals surface area contributed by atoms with E-state index in [1.807, 2.05) is 36.4 Å². The Bertz CT molecular complexity index is 909. The van der Waals surface area contributed by atoms with Crippen LogP contribution in [0.5, 0.6) is 0 Å². The predicted molar refractivity (Wildman–Crippen MR) is 99.4 cm³/mol. The highest BCUT2D eigenvalue weighted by Gasteiger charge is 2.08. The lowest BCUT2D eigenvalue weighted by atomic mass is 10.1. The molecule has 0 aliphatic heterocycles. The van der Waals surface area contributed by atoms with Crippen molar-refractivity contribution < 1.29 is 9.59 Å². The Kier molecular flexibility index (Phi) is 5.34. The second-order valence-corrected chi connectivity index (χ2v) is 5.73. The molecule has 0 radical (unpaired) electrons. The molecule has 0 fully saturated rings. The Balaban J connectivity index is 1.62. The van der Waals surface area contributed by atoms with Gasteiger partial charge in [-0.2, -0.15) is 0 Å². The standard InChI is InChI=1S/C20H18N4O2/c1-14(25)16-8-5-9-17(12-16)22-19-11-10-18(23-24-19)20(26)21-13-15-6-3-2-4-7-15/h2-12H,13H2,1H3,(H,21,26)(H,22,24). The lowest BCUT2D eigenvalue weighted by Gasteiger charge is -2.07. The molecule has 0 saturated carbocycles. The number of aromatic nitrogens is 2. The van der Waals surface area contributed by atoms with Crippen molar-refractivity contribution in [3.8, 4) is 0 Å². The number of anilines is 2. The van der Waals surface area contributed by atoms with Gasteiger partial charge < -0.3 is 10.6 Å². The molecular weight excluding hydrogens is 328 g/mol. The molecule has 0 aliphatic carbocycles. The SMILES string of the molecule is CC(=O)c1cccc(Nc2ccc(C(=O)NCc3ccccc3)nn2)c1. The summed E-state index contributed by atoms with van der Waals surface area (Å²) in [4.78, 5) is 23.6. The summed E-state index contributed by atoms with van der Waals surface area (Å²) in [5, 5.41) is 13.8. The minimum atomic E-state index is -0.286. The maximum atomic E-state index is 12.1. The molecule has 1 heterocycles. The van der Waals surface area contributed by atoms with E-state index >= 15 is 0 Å². The number of Topliss-reactive ketones (excluding diaryl/α,β-unsaturated/α-hetero) is 1. The predicted octanol–water partition coefficient (Wildman–Crippen LogP) is 3.35. The summed E-state index contributed by atoms with van der Waals surface area (Å²) < 4.78 is 0. The number of nitrogens with one attached hydrogen (secondary N) is 2. The number of benzene rings is 2. The number of hydrogen-bond acceptors (Lipinski definition) is 5. The highest BCUT2D eigenvalue weighted by Crippen LogP contribution is 2.16. The monoisotopic (exact) mass is 346 g/mol. The third-order valence-electron chi connectivity index (χ3n) is 3.73. The number of hydrogen-bond donors (Lipinski definition) is 2. The molecule has 6 heteroatoms. The zero-order valence-electron chi connectivity index (χ0n) is 14.3. The molecule has 0 aliphatic rings. The molecule has 26 heavy (non-hydrogen) atoms. The van der Waals surface area contributed by atoms with Crippen LogP contribution in [0.15, 0.2) is 66.7 Å². The molecule has 130 valence electrons. The number of ketones is 1. The van der Waals surface area contributed by atoms with E-state index in [1.165, 1.54) is 6.92 Å². The maximum Gasteiger partial charge on any atom is 0.272 e. The van der Waals surface area contributed by atoms with Crippen LogP contribution in [0, 0.1) is 0 Å². The fraction of sp³-hybridized carbons (Fsp3) is 0.100. The van der Waals surface area contributed by atoms with Crippen molar-refractivity contribution in [1.29, 1.82) is 0 Å². The molecule has 0 saturated heterocycles. The van der Waals surface area contributed by atoms with Crippen LogP contribution in [0.2, 0.25) is 0 Å². The average Bonchev–Trinajstić information content (AvgIpc) is 2.68. The summed E-state index contributed by atoms with van der Waals surface area (Å²) in [5.41, 5.74) is 2.59. The largest absolute Gasteiger partial charge is 0.347 e. The Hall–Kier alpha value is -3.54. The molecule has 3 rings (SSSR count). The summed E-state index contributed by atoms with van der Waals surface area (Å²) in [6.07, 6.45) is 0. The van der Waals surface area contributed by atoms with E-state index < -0.39 is 0 Å². The molecule has 0 atom stereocenters. The minimum Gasteiger partial charge on any atom is -0.347 e. The first-order chi connectivity index (χ1) is 12.6. The van der Waals surface area contributed by atoms with Gasteiger partial charge in [-0.1, -0.05) is 42.5 Å². The number of nitrogens with zero attached hydrogens (tertiary/aromatic N) is 2. The van der Waals surface area contributed by atoms with E-state index in [-0.39, 0.29) is 17.4 Å². The smallest absolute Gasteiger partial charge is 0.272 e. The van der Waals surface area contributed by atoms with Crippen LogP contribution in [0.4, 0.5) is 11.5 Å². The van der Waals surface area contributed by atoms with Crippen LogP contribution in [0.25, 0.3) is 0 Å². The average molecular weight is 346 g/mol. The number of amides is 1. The lowest BCUT2D eigenvalue weighted by molar-refractivity contribution is 0.0944. The van der Waals surface area contributed by atoms with E-state index in [0.717, 1.165) is 11.3 Å². The van der Waals surface area contributed by atoms with Gasteiger partial charge in [0, 0.05) is 17.8 Å². The normalized spacial score (nSPS) is 10.2. The van der Waals surface area contributed by atoms with Gasteiger partial charge in [-0.15, -0.1) is 10.2 Å². The first-order valence-electron chi connectivity index (χ1n) is 8.16. The van der Waals surface area contributed by atoms with E-state index in [0.29, 0.717) is 17.9 Å². The summed E-state index contributed by atoms with van der Waals surface area (Å²) in [6, 6.07) is 20.0. The highest BCUT2D eigenvalue weighted by molar-refractivity contribution is 5.95. The molecule has 2 aromatic carbocycles. The van der Waals surface area contributed by atoms with Gasteiger partial charge in [0.1, 0.15) is 0 Å². The summed E-state index contributed by atoms with van der Waals surface area (Å²) in [7, 11) is 0. The van der Waals surface area contributed by atoms with Crippen LogP contribution in [0.3, 0.4) is 0 Å². The Morgan fingerprint density at radius 2 is 1.73 bits per heavy atom. The van der Waals surface area contributed by atoms with Gasteiger partial charge in [0.2, 0.25) is 0 Å². The fourth-order valence-electron chi connectivity index (χ4n) is 2.35. The van der Waals surface area contributed by atoms with Crippen molar-refractivity contribution in [1.82, 2.24) is 15.5 Å². The molecule has 0 bridgehead atoms. The van der Waals surface area contributed by atoms with Crippen molar-refractivity contribution in [2.75, 3.05) is 5.32 Å². The lowest BCUT2D eigenvalue weighted by Crippen LogP contribution is -2.24. The van der Waals surface area contributed by atoms with Crippen molar-refractivity contribution in [3.63, 3.8) is 0 Å². The van der Waals surface area contributed by atoms with Gasteiger partial charge in [-0.05, 0) is 36.8 Å². The quantitative estimate of drug-likeness (QED) is 0.669. The Morgan fingerprint density at radius 3 is 2.42 bits per heavy atom. The molecule has 1 aromatic heterocycles. The molecule has 3 aromatic rings. The van der Waals surface area contributed by atoms with Gasteiger partial charge in [0.05, 0.1) is 0 Å². The van der Waals surface area contributed by atoms with E-state index in [1.54, 1.807) is 30.3 Å². The first-order valence-corrected chi connectivity index (χ1v) is 8.16. The zero-order chi connectivity index (χ0) is 18.4. The second kappa shape index (κ2) is 8.02. The van der Waals surface area contributed by atoms with Crippen molar-refractivity contribution in [3.05, 3.63) is 83.6 Å². The topological polar surface area (TPSA) is 84.0 Å². The Labute approximate surface area is 151 Å². The van der Waals surface area contributed by atoms with Crippen molar-refractivity contribution >= 4 is 23.2 Å². The van der Waals surface area contributed by atoms with E-state index in [9.17, 15) is 9.59 Å². The van der Waals surface area contributed by atoms with Crippen LogP contribution < -0.4 is 10.6 Å². The number of rotatable bonds is 6. The number of carbonyl (C=O) groups excluding carboxylic acids is 2. The maximum absolute atomic E-state index is 12.1. The zero-order valence-corrected chi connectivity index (χ0v) is 14.3. The molecule has 2 N–H and O–H groups in total. The molecule has 6 nitrogen and oxygen atoms in total. The van der Waals surface area contributed by atoms with Gasteiger partial charge >= 0.3 is 0 Å².